The van der Waals surface area contributed by atoms with E-state index in [1.165, 1.54) is 0 Å². The molecule has 0 aromatic heterocycles. The van der Waals surface area contributed by atoms with Crippen molar-refractivity contribution in [3.05, 3.63) is 11.5 Å². The van der Waals surface area contributed by atoms with Gasteiger partial charge in [0.05, 0.1) is 5.57 Å². The zero-order valence-electron chi connectivity index (χ0n) is 14.0. The van der Waals surface area contributed by atoms with Crippen molar-refractivity contribution in [2.45, 2.75) is 55.1 Å². The lowest BCUT2D eigenvalue weighted by Crippen LogP contribution is -2.80. The molecule has 1 heterocycles. The van der Waals surface area contributed by atoms with Gasteiger partial charge in [-0.25, -0.2) is 0 Å². The van der Waals surface area contributed by atoms with E-state index in [2.05, 4.69) is 32.6 Å². The number of ketones is 1. The van der Waals surface area contributed by atoms with E-state index in [1.54, 1.807) is 0 Å². The highest BCUT2D eigenvalue weighted by Crippen LogP contribution is 2.77. The fourth-order valence-corrected chi connectivity index (χ4v) is 7.14. The maximum absolute atomic E-state index is 12.9. The van der Waals surface area contributed by atoms with Gasteiger partial charge in [-0.3, -0.25) is 4.79 Å². The molecule has 3 nitrogen and oxygen atoms in total. The molecule has 7 atom stereocenters. The van der Waals surface area contributed by atoms with Gasteiger partial charge in [-0.05, 0) is 74.6 Å². The zero-order chi connectivity index (χ0) is 17.7. The minimum Gasteiger partial charge on any atom is -0.435 e. The summed E-state index contributed by atoms with van der Waals surface area (Å²) in [6, 6.07) is 0.296. The van der Waals surface area contributed by atoms with Gasteiger partial charge in [0.15, 0.2) is 0 Å². The first-order chi connectivity index (χ1) is 11.1. The van der Waals surface area contributed by atoms with E-state index in [4.69, 9.17) is 51.1 Å². The number of ether oxygens (including phenoxy) is 1. The van der Waals surface area contributed by atoms with Gasteiger partial charge in [0.2, 0.25) is 11.7 Å². The summed E-state index contributed by atoms with van der Waals surface area (Å²) in [5.41, 5.74) is 0.600. The maximum atomic E-state index is 12.9. The van der Waals surface area contributed by atoms with E-state index in [0.29, 0.717) is 23.3 Å². The highest BCUT2D eigenvalue weighted by molar-refractivity contribution is 6.59. The van der Waals surface area contributed by atoms with E-state index in [9.17, 15) is 4.79 Å². The standard InChI is InChI=1S/C17H21Cl4NO2/c1-5(2)22(6(3)4)16-12(15(23)17(20,21)24-16)8-9-7-10(8)14(19)11(7)13(9)18/h5-11,13-14H,1-4H3/t7?,8?,9-,10+,11?,13-,14+. The van der Waals surface area contributed by atoms with Crippen molar-refractivity contribution in [1.82, 2.24) is 4.90 Å². The van der Waals surface area contributed by atoms with Gasteiger partial charge in [0.25, 0.3) is 0 Å². The fraction of sp³-hybridized carbons (Fsp3) is 0.824. The molecule has 4 rings (SSSR count). The lowest BCUT2D eigenvalue weighted by atomic mass is 9.30. The summed E-state index contributed by atoms with van der Waals surface area (Å²) in [5, 5.41) is 0.0579. The summed E-state index contributed by atoms with van der Waals surface area (Å²) in [5.74, 6) is 1.69. The van der Waals surface area contributed by atoms with Crippen molar-refractivity contribution < 1.29 is 9.53 Å². The smallest absolute Gasteiger partial charge is 0.324 e. The van der Waals surface area contributed by atoms with Gasteiger partial charge in [-0.2, -0.15) is 0 Å². The van der Waals surface area contributed by atoms with Gasteiger partial charge < -0.3 is 9.64 Å². The average molecular weight is 413 g/mol. The molecule has 3 saturated carbocycles. The first-order valence-electron chi connectivity index (χ1n) is 8.51. The zero-order valence-corrected chi connectivity index (χ0v) is 17.0. The third kappa shape index (κ3) is 1.96. The molecule has 3 unspecified atom stereocenters. The Balaban J connectivity index is 1.77. The molecule has 0 bridgehead atoms. The Morgan fingerprint density at radius 2 is 1.46 bits per heavy atom. The first-order valence-corrected chi connectivity index (χ1v) is 10.1. The van der Waals surface area contributed by atoms with Gasteiger partial charge in [0.1, 0.15) is 0 Å². The first kappa shape index (κ1) is 17.6. The number of nitrogens with zero attached hydrogens (tertiary/aromatic N) is 1. The van der Waals surface area contributed by atoms with Crippen molar-refractivity contribution in [2.24, 2.45) is 29.6 Å². The van der Waals surface area contributed by atoms with Crippen LogP contribution in [-0.2, 0) is 9.53 Å². The molecule has 0 radical (unpaired) electrons. The van der Waals surface area contributed by atoms with Crippen LogP contribution in [0.2, 0.25) is 0 Å². The molecular weight excluding hydrogens is 392 g/mol. The third-order valence-corrected chi connectivity index (χ3v) is 7.94. The van der Waals surface area contributed by atoms with Crippen LogP contribution in [0.5, 0.6) is 0 Å². The van der Waals surface area contributed by atoms with Crippen LogP contribution in [0.1, 0.15) is 27.7 Å². The minimum atomic E-state index is -1.85. The Morgan fingerprint density at radius 3 is 1.88 bits per heavy atom. The molecule has 0 aromatic rings. The molecule has 3 fully saturated rings. The fourth-order valence-electron chi connectivity index (χ4n) is 5.42. The van der Waals surface area contributed by atoms with Crippen LogP contribution in [0.15, 0.2) is 11.5 Å². The summed E-state index contributed by atoms with van der Waals surface area (Å²) in [4.78, 5) is 15.0. The summed E-state index contributed by atoms with van der Waals surface area (Å²) in [6.07, 6.45) is 0. The van der Waals surface area contributed by atoms with E-state index >= 15 is 0 Å². The Morgan fingerprint density at radius 1 is 0.958 bits per heavy atom. The molecule has 0 spiro atoms. The van der Waals surface area contributed by atoms with Gasteiger partial charge in [-0.15, -0.1) is 23.2 Å². The van der Waals surface area contributed by atoms with Crippen molar-refractivity contribution in [3.8, 4) is 0 Å². The third-order valence-electron chi connectivity index (χ3n) is 6.28. The molecule has 0 amide bonds. The van der Waals surface area contributed by atoms with Crippen molar-refractivity contribution in [1.29, 1.82) is 0 Å². The maximum Gasteiger partial charge on any atom is 0.324 e. The highest BCUT2D eigenvalue weighted by atomic mass is 35.5. The van der Waals surface area contributed by atoms with E-state index in [-0.39, 0.29) is 46.4 Å². The number of rotatable bonds is 4. The van der Waals surface area contributed by atoms with Crippen molar-refractivity contribution in [3.63, 3.8) is 0 Å². The van der Waals surface area contributed by atoms with Gasteiger partial charge in [-0.1, -0.05) is 0 Å². The lowest BCUT2D eigenvalue weighted by Gasteiger charge is -2.77. The van der Waals surface area contributed by atoms with Crippen LogP contribution in [-0.4, -0.2) is 38.0 Å². The molecule has 0 saturated heterocycles. The average Bonchev–Trinajstić information content (AvgIpc) is 2.63. The number of hydrogen-bond donors (Lipinski definition) is 0. The van der Waals surface area contributed by atoms with Crippen LogP contribution in [0.25, 0.3) is 0 Å². The Bertz CT molecular complexity index is 595. The molecule has 134 valence electrons. The normalized spacial score (nSPS) is 44.8. The van der Waals surface area contributed by atoms with Crippen LogP contribution < -0.4 is 0 Å². The van der Waals surface area contributed by atoms with Crippen molar-refractivity contribution in [2.75, 3.05) is 0 Å². The Labute approximate surface area is 162 Å². The predicted octanol–water partition coefficient (Wildman–Crippen LogP) is 4.38. The summed E-state index contributed by atoms with van der Waals surface area (Å²) in [6.45, 7) is 8.23. The Kier molecular flexibility index (Phi) is 3.91. The second kappa shape index (κ2) is 5.34. The van der Waals surface area contributed by atoms with Crippen LogP contribution in [0, 0.1) is 29.6 Å². The molecule has 7 heteroatoms. The van der Waals surface area contributed by atoms with E-state index in [0.717, 1.165) is 0 Å². The molecular formula is C17H21Cl4NO2. The highest BCUT2D eigenvalue weighted by Gasteiger charge is 2.79. The number of carbonyl (C=O) groups is 1. The second-order valence-corrected chi connectivity index (χ2v) is 10.3. The molecule has 4 aliphatic rings. The van der Waals surface area contributed by atoms with Crippen LogP contribution in [0.3, 0.4) is 0 Å². The quantitative estimate of drug-likeness (QED) is 0.641. The minimum absolute atomic E-state index is 0.00637. The lowest BCUT2D eigenvalue weighted by molar-refractivity contribution is -0.222. The summed E-state index contributed by atoms with van der Waals surface area (Å²) >= 11 is 25.4. The molecule has 1 aliphatic heterocycles. The topological polar surface area (TPSA) is 29.5 Å². The SMILES string of the molecule is CC(C)N(C1=C(C2[C@@H]3C4C([C@H]3Cl)[C@H](Cl)[C@@H]24)C(=O)C(Cl)(Cl)O1)C(C)C. The monoisotopic (exact) mass is 411 g/mol. The number of halogens is 4. The Hall–Kier alpha value is 0.170. The van der Waals surface area contributed by atoms with Gasteiger partial charge >= 0.3 is 4.52 Å². The molecule has 3 aliphatic carbocycles. The van der Waals surface area contributed by atoms with E-state index in [1.807, 2.05) is 0 Å². The van der Waals surface area contributed by atoms with Gasteiger partial charge in [0, 0.05) is 28.8 Å². The summed E-state index contributed by atoms with van der Waals surface area (Å²) < 4.78 is 3.91. The molecule has 24 heavy (non-hydrogen) atoms. The number of hydrogen-bond acceptors (Lipinski definition) is 3. The van der Waals surface area contributed by atoms with Crippen LogP contribution >= 0.6 is 46.4 Å². The van der Waals surface area contributed by atoms with Crippen molar-refractivity contribution >= 4 is 52.2 Å². The molecule has 0 aromatic carbocycles. The number of Topliss-reactive ketones (excluding diaryl/α,β-unsaturated/α-hetero) is 1. The number of carbonyl (C=O) groups excluding carboxylic acids is 1. The van der Waals surface area contributed by atoms with E-state index < -0.39 is 4.52 Å². The van der Waals surface area contributed by atoms with Crippen LogP contribution in [0.4, 0.5) is 0 Å². The largest absolute Gasteiger partial charge is 0.435 e. The predicted molar refractivity (Wildman–Crippen MR) is 96.4 cm³/mol. The molecule has 0 N–H and O–H groups in total. The summed E-state index contributed by atoms with van der Waals surface area (Å²) in [7, 11) is 0. The second-order valence-electron chi connectivity index (χ2n) is 7.99. The number of alkyl halides is 4.